The van der Waals surface area contributed by atoms with Crippen LogP contribution in [0, 0.1) is 0 Å². The number of nitrogens with zero attached hydrogens (tertiary/aromatic N) is 1. The Kier molecular flexibility index (Phi) is 3.76. The topological polar surface area (TPSA) is 82.5 Å². The first kappa shape index (κ1) is 12.8. The minimum atomic E-state index is -1.46. The van der Waals surface area contributed by atoms with Gasteiger partial charge in [-0.2, -0.15) is 0 Å². The molecule has 0 radical (unpaired) electrons. The summed E-state index contributed by atoms with van der Waals surface area (Å²) in [6.45, 7) is 1.43. The summed E-state index contributed by atoms with van der Waals surface area (Å²) in [5.74, 6) is -0.158. The molecule has 5 nitrogen and oxygen atoms in total. The van der Waals surface area contributed by atoms with E-state index < -0.39 is 7.12 Å². The fourth-order valence-electron chi connectivity index (χ4n) is 1.44. The number of benzene rings is 1. The lowest BCUT2D eigenvalue weighted by atomic mass is 9.80. The van der Waals surface area contributed by atoms with Crippen molar-refractivity contribution in [2.24, 2.45) is 0 Å². The van der Waals surface area contributed by atoms with E-state index in [4.69, 9.17) is 10.0 Å². The Bertz CT molecular complexity index is 554. The van der Waals surface area contributed by atoms with E-state index in [2.05, 4.69) is 10.3 Å². The fraction of sp³-hybridized carbons (Fsp3) is 0.0909. The summed E-state index contributed by atoms with van der Waals surface area (Å²) in [6, 6.07) is 6.83. The second kappa shape index (κ2) is 5.30. The van der Waals surface area contributed by atoms with Crippen molar-refractivity contribution in [3.63, 3.8) is 0 Å². The summed E-state index contributed by atoms with van der Waals surface area (Å²) in [6.07, 6.45) is 1.67. The zero-order valence-electron chi connectivity index (χ0n) is 9.62. The average molecular weight is 262 g/mol. The van der Waals surface area contributed by atoms with E-state index in [1.807, 2.05) is 0 Å². The highest BCUT2D eigenvalue weighted by molar-refractivity contribution is 7.19. The predicted molar refractivity (Wildman–Crippen MR) is 71.7 cm³/mol. The highest BCUT2D eigenvalue weighted by Gasteiger charge is 2.11. The third-order valence-electron chi connectivity index (χ3n) is 2.28. The molecular formula is C11H11BN2O3S. The second-order valence-corrected chi connectivity index (χ2v) is 4.74. The molecule has 0 saturated carbocycles. The maximum atomic E-state index is 10.9. The van der Waals surface area contributed by atoms with Crippen molar-refractivity contribution >= 4 is 35.0 Å². The van der Waals surface area contributed by atoms with E-state index in [1.54, 1.807) is 30.5 Å². The molecule has 0 saturated heterocycles. The summed E-state index contributed by atoms with van der Waals surface area (Å²) >= 11 is 1.36. The van der Waals surface area contributed by atoms with Crippen molar-refractivity contribution in [3.8, 4) is 10.4 Å². The molecule has 3 N–H and O–H groups in total. The van der Waals surface area contributed by atoms with Gasteiger partial charge in [0.2, 0.25) is 5.91 Å². The predicted octanol–water partition coefficient (Wildman–Crippen LogP) is 0.448. The molecule has 2 aromatic rings. The van der Waals surface area contributed by atoms with E-state index in [9.17, 15) is 4.79 Å². The van der Waals surface area contributed by atoms with E-state index in [1.165, 1.54) is 18.3 Å². The molecule has 1 aromatic heterocycles. The second-order valence-electron chi connectivity index (χ2n) is 3.71. The van der Waals surface area contributed by atoms with Gasteiger partial charge in [0.05, 0.1) is 4.88 Å². The van der Waals surface area contributed by atoms with E-state index in [0.29, 0.717) is 10.6 Å². The van der Waals surface area contributed by atoms with Crippen LogP contribution in [0.15, 0.2) is 30.5 Å². The third kappa shape index (κ3) is 2.95. The molecule has 2 rings (SSSR count). The summed E-state index contributed by atoms with van der Waals surface area (Å²) in [7, 11) is -1.46. The van der Waals surface area contributed by atoms with Crippen LogP contribution in [0.25, 0.3) is 10.4 Å². The van der Waals surface area contributed by atoms with Crippen LogP contribution in [0.2, 0.25) is 0 Å². The van der Waals surface area contributed by atoms with Crippen LogP contribution in [-0.4, -0.2) is 28.1 Å². The lowest BCUT2D eigenvalue weighted by Crippen LogP contribution is -2.29. The monoisotopic (exact) mass is 262 g/mol. The van der Waals surface area contributed by atoms with Crippen LogP contribution < -0.4 is 10.8 Å². The largest absolute Gasteiger partial charge is 0.488 e. The number of thiazole rings is 1. The summed E-state index contributed by atoms with van der Waals surface area (Å²) < 4.78 is 0. The molecule has 0 aliphatic heterocycles. The van der Waals surface area contributed by atoms with Crippen LogP contribution in [0.4, 0.5) is 5.13 Å². The zero-order valence-corrected chi connectivity index (χ0v) is 10.4. The molecule has 0 bridgehead atoms. The SMILES string of the molecule is CC(=O)Nc1ncc(-c2ccc(B(O)O)cc2)s1. The molecule has 92 valence electrons. The summed E-state index contributed by atoms with van der Waals surface area (Å²) in [5, 5.41) is 21.1. The van der Waals surface area contributed by atoms with Gasteiger partial charge in [-0.05, 0) is 11.0 Å². The number of carbonyl (C=O) groups excluding carboxylic acids is 1. The van der Waals surface area contributed by atoms with Gasteiger partial charge in [0, 0.05) is 13.1 Å². The number of aromatic nitrogens is 1. The molecule has 0 unspecified atom stereocenters. The molecule has 1 amide bonds. The Balaban J connectivity index is 2.20. The van der Waals surface area contributed by atoms with Gasteiger partial charge in [-0.15, -0.1) is 0 Å². The van der Waals surface area contributed by atoms with Crippen LogP contribution >= 0.6 is 11.3 Å². The lowest BCUT2D eigenvalue weighted by molar-refractivity contribution is -0.114. The van der Waals surface area contributed by atoms with Crippen molar-refractivity contribution in [1.29, 1.82) is 0 Å². The molecule has 1 heterocycles. The number of rotatable bonds is 3. The van der Waals surface area contributed by atoms with Crippen molar-refractivity contribution in [1.82, 2.24) is 4.98 Å². The van der Waals surface area contributed by atoms with Crippen LogP contribution in [-0.2, 0) is 4.79 Å². The molecule has 0 aliphatic rings. The van der Waals surface area contributed by atoms with Crippen LogP contribution in [0.5, 0.6) is 0 Å². The Morgan fingerprint density at radius 1 is 1.33 bits per heavy atom. The smallest absolute Gasteiger partial charge is 0.423 e. The fourth-order valence-corrected chi connectivity index (χ4v) is 2.30. The lowest BCUT2D eigenvalue weighted by Gasteiger charge is -2.00. The molecule has 0 atom stereocenters. The van der Waals surface area contributed by atoms with Crippen LogP contribution in [0.1, 0.15) is 6.92 Å². The minimum absolute atomic E-state index is 0.158. The van der Waals surface area contributed by atoms with E-state index >= 15 is 0 Å². The number of hydrogen-bond donors (Lipinski definition) is 3. The quantitative estimate of drug-likeness (QED) is 0.701. The van der Waals surface area contributed by atoms with Crippen molar-refractivity contribution < 1.29 is 14.8 Å². The first-order chi connectivity index (χ1) is 8.56. The van der Waals surface area contributed by atoms with E-state index in [0.717, 1.165) is 10.4 Å². The maximum absolute atomic E-state index is 10.9. The van der Waals surface area contributed by atoms with Gasteiger partial charge in [0.1, 0.15) is 0 Å². The number of carbonyl (C=O) groups is 1. The third-order valence-corrected chi connectivity index (χ3v) is 3.24. The first-order valence-corrected chi connectivity index (χ1v) is 6.08. The Morgan fingerprint density at radius 2 is 2.00 bits per heavy atom. The molecule has 0 aliphatic carbocycles. The molecule has 18 heavy (non-hydrogen) atoms. The van der Waals surface area contributed by atoms with Crippen molar-refractivity contribution in [3.05, 3.63) is 30.5 Å². The minimum Gasteiger partial charge on any atom is -0.423 e. The van der Waals surface area contributed by atoms with Gasteiger partial charge in [-0.3, -0.25) is 4.79 Å². The first-order valence-electron chi connectivity index (χ1n) is 5.26. The van der Waals surface area contributed by atoms with Crippen LogP contribution in [0.3, 0.4) is 0 Å². The van der Waals surface area contributed by atoms with Gasteiger partial charge < -0.3 is 15.4 Å². The summed E-state index contributed by atoms with van der Waals surface area (Å²) in [4.78, 5) is 15.9. The highest BCUT2D eigenvalue weighted by Crippen LogP contribution is 2.28. The number of hydrogen-bond acceptors (Lipinski definition) is 5. The Morgan fingerprint density at radius 3 is 2.56 bits per heavy atom. The van der Waals surface area contributed by atoms with Gasteiger partial charge in [0.15, 0.2) is 5.13 Å². The average Bonchev–Trinajstić information content (AvgIpc) is 2.76. The molecule has 1 aromatic carbocycles. The number of amides is 1. The maximum Gasteiger partial charge on any atom is 0.488 e. The highest BCUT2D eigenvalue weighted by atomic mass is 32.1. The van der Waals surface area contributed by atoms with Crippen molar-refractivity contribution in [2.75, 3.05) is 5.32 Å². The summed E-state index contributed by atoms with van der Waals surface area (Å²) in [5.41, 5.74) is 1.35. The normalized spacial score (nSPS) is 10.2. The van der Waals surface area contributed by atoms with Gasteiger partial charge in [-0.1, -0.05) is 35.6 Å². The Hall–Kier alpha value is -1.70. The van der Waals surface area contributed by atoms with Gasteiger partial charge >= 0.3 is 7.12 Å². The zero-order chi connectivity index (χ0) is 13.1. The molecular weight excluding hydrogens is 251 g/mol. The standard InChI is InChI=1S/C11H11BN2O3S/c1-7(15)14-11-13-6-10(18-11)8-2-4-9(5-3-8)12(16)17/h2-6,16-17H,1H3,(H,13,14,15). The molecule has 0 spiro atoms. The molecule has 7 heteroatoms. The van der Waals surface area contributed by atoms with E-state index in [-0.39, 0.29) is 5.91 Å². The molecule has 0 fully saturated rings. The number of anilines is 1. The van der Waals surface area contributed by atoms with Crippen molar-refractivity contribution in [2.45, 2.75) is 6.92 Å². The van der Waals surface area contributed by atoms with Gasteiger partial charge in [0.25, 0.3) is 0 Å². The van der Waals surface area contributed by atoms with Gasteiger partial charge in [-0.25, -0.2) is 4.98 Å². The Labute approximate surface area is 108 Å². The number of nitrogens with one attached hydrogen (secondary N) is 1.